The number of carbonyl (C=O) groups excluding carboxylic acids is 3. The third-order valence-corrected chi connectivity index (χ3v) is 3.36. The van der Waals surface area contributed by atoms with Gasteiger partial charge in [0.2, 0.25) is 0 Å². The lowest BCUT2D eigenvalue weighted by Gasteiger charge is -2.14. The summed E-state index contributed by atoms with van der Waals surface area (Å²) in [4.78, 5) is 35.8. The molecule has 0 aliphatic carbocycles. The van der Waals surface area contributed by atoms with Gasteiger partial charge in [0, 0.05) is 13.1 Å². The van der Waals surface area contributed by atoms with Gasteiger partial charge in [0.1, 0.15) is 0 Å². The van der Waals surface area contributed by atoms with Crippen molar-refractivity contribution in [3.05, 3.63) is 35.9 Å². The lowest BCUT2D eigenvalue weighted by atomic mass is 9.98. The topological polar surface area (TPSA) is 75.7 Å². The van der Waals surface area contributed by atoms with Gasteiger partial charge in [-0.25, -0.2) is 4.79 Å². The fourth-order valence-corrected chi connectivity index (χ4v) is 2.14. The summed E-state index contributed by atoms with van der Waals surface area (Å²) in [5.74, 6) is -0.922. The van der Waals surface area contributed by atoms with E-state index in [1.165, 1.54) is 0 Å². The molecule has 112 valence electrons. The van der Waals surface area contributed by atoms with Crippen molar-refractivity contribution in [3.63, 3.8) is 0 Å². The first kappa shape index (κ1) is 15.0. The van der Waals surface area contributed by atoms with Gasteiger partial charge < -0.3 is 10.1 Å². The van der Waals surface area contributed by atoms with Crippen LogP contribution in [-0.4, -0.2) is 42.5 Å². The molecular weight excluding hydrogens is 272 g/mol. The van der Waals surface area contributed by atoms with E-state index in [-0.39, 0.29) is 12.3 Å². The molecule has 0 radical (unpaired) electrons. The summed E-state index contributed by atoms with van der Waals surface area (Å²) in [6.07, 6.45) is 0.198. The molecule has 0 bridgehead atoms. The molecule has 6 heteroatoms. The van der Waals surface area contributed by atoms with Crippen molar-refractivity contribution in [2.24, 2.45) is 0 Å². The lowest BCUT2D eigenvalue weighted by molar-refractivity contribution is -0.151. The smallest absolute Gasteiger partial charge is 0.324 e. The Morgan fingerprint density at radius 3 is 2.67 bits per heavy atom. The van der Waals surface area contributed by atoms with E-state index in [2.05, 4.69) is 5.32 Å². The Morgan fingerprint density at radius 1 is 1.33 bits per heavy atom. The molecule has 1 aliphatic heterocycles. The van der Waals surface area contributed by atoms with E-state index in [0.717, 1.165) is 10.5 Å². The maximum atomic E-state index is 11.7. The third kappa shape index (κ3) is 4.05. The van der Waals surface area contributed by atoms with E-state index in [1.54, 1.807) is 0 Å². The average molecular weight is 290 g/mol. The molecule has 21 heavy (non-hydrogen) atoms. The SMILES string of the molecule is C[C@@H](CC(=O)OCC(=O)N1CCNC1=O)c1ccccc1. The maximum absolute atomic E-state index is 11.7. The van der Waals surface area contributed by atoms with Crippen LogP contribution in [0.3, 0.4) is 0 Å². The molecule has 0 unspecified atom stereocenters. The van der Waals surface area contributed by atoms with Crippen molar-refractivity contribution in [2.45, 2.75) is 19.3 Å². The molecule has 1 fully saturated rings. The molecule has 1 aromatic rings. The number of imide groups is 1. The highest BCUT2D eigenvalue weighted by Crippen LogP contribution is 2.18. The molecule has 0 saturated carbocycles. The number of benzene rings is 1. The summed E-state index contributed by atoms with van der Waals surface area (Å²) in [6.45, 7) is 2.28. The Bertz CT molecular complexity index is 530. The molecule has 6 nitrogen and oxygen atoms in total. The molecule has 1 heterocycles. The van der Waals surface area contributed by atoms with Gasteiger partial charge in [-0.05, 0) is 11.5 Å². The van der Waals surface area contributed by atoms with E-state index in [9.17, 15) is 14.4 Å². The Kier molecular flexibility index (Phi) is 4.92. The average Bonchev–Trinajstić information content (AvgIpc) is 2.92. The van der Waals surface area contributed by atoms with Gasteiger partial charge in [-0.15, -0.1) is 0 Å². The van der Waals surface area contributed by atoms with Gasteiger partial charge in [-0.3, -0.25) is 14.5 Å². The van der Waals surface area contributed by atoms with Crippen molar-refractivity contribution >= 4 is 17.9 Å². The minimum atomic E-state index is -0.495. The summed E-state index contributed by atoms with van der Waals surface area (Å²) in [7, 11) is 0. The van der Waals surface area contributed by atoms with Crippen molar-refractivity contribution in [2.75, 3.05) is 19.7 Å². The van der Waals surface area contributed by atoms with E-state index in [1.807, 2.05) is 37.3 Å². The lowest BCUT2D eigenvalue weighted by Crippen LogP contribution is -2.37. The fraction of sp³-hybridized carbons (Fsp3) is 0.400. The minimum Gasteiger partial charge on any atom is -0.456 e. The van der Waals surface area contributed by atoms with Crippen LogP contribution in [0.25, 0.3) is 0 Å². The van der Waals surface area contributed by atoms with Gasteiger partial charge in [-0.2, -0.15) is 0 Å². The van der Waals surface area contributed by atoms with Crippen molar-refractivity contribution in [3.8, 4) is 0 Å². The zero-order chi connectivity index (χ0) is 15.2. The van der Waals surface area contributed by atoms with Crippen LogP contribution in [0.1, 0.15) is 24.8 Å². The highest BCUT2D eigenvalue weighted by molar-refractivity contribution is 5.96. The van der Waals surface area contributed by atoms with Crippen LogP contribution in [0.2, 0.25) is 0 Å². The summed E-state index contributed by atoms with van der Waals surface area (Å²) < 4.78 is 4.95. The monoisotopic (exact) mass is 290 g/mol. The molecule has 1 N–H and O–H groups in total. The zero-order valence-electron chi connectivity index (χ0n) is 11.9. The van der Waals surface area contributed by atoms with Crippen molar-refractivity contribution < 1.29 is 19.1 Å². The number of nitrogens with zero attached hydrogens (tertiary/aromatic N) is 1. The van der Waals surface area contributed by atoms with E-state index >= 15 is 0 Å². The summed E-state index contributed by atoms with van der Waals surface area (Å²) in [5.41, 5.74) is 1.04. The second-order valence-corrected chi connectivity index (χ2v) is 4.95. The van der Waals surface area contributed by atoms with Gasteiger partial charge in [0.25, 0.3) is 5.91 Å². The Morgan fingerprint density at radius 2 is 2.05 bits per heavy atom. The van der Waals surface area contributed by atoms with Gasteiger partial charge in [0.05, 0.1) is 6.42 Å². The van der Waals surface area contributed by atoms with Crippen LogP contribution < -0.4 is 5.32 Å². The Hall–Kier alpha value is -2.37. The quantitative estimate of drug-likeness (QED) is 0.829. The first-order valence-corrected chi connectivity index (χ1v) is 6.86. The van der Waals surface area contributed by atoms with Crippen LogP contribution >= 0.6 is 0 Å². The standard InChI is InChI=1S/C15H18N2O4/c1-11(12-5-3-2-4-6-12)9-14(19)21-10-13(18)17-8-7-16-15(17)20/h2-6,11H,7-10H2,1H3,(H,16,20)/t11-/m0/s1. The van der Waals surface area contributed by atoms with Gasteiger partial charge >= 0.3 is 12.0 Å². The molecule has 1 atom stereocenters. The Balaban J connectivity index is 1.77. The predicted octanol–water partition coefficient (Wildman–Crippen LogP) is 1.28. The van der Waals surface area contributed by atoms with Gasteiger partial charge in [-0.1, -0.05) is 37.3 Å². The predicted molar refractivity (Wildman–Crippen MR) is 75.5 cm³/mol. The van der Waals surface area contributed by atoms with Crippen LogP contribution in [0, 0.1) is 0 Å². The number of esters is 1. The van der Waals surface area contributed by atoms with Crippen molar-refractivity contribution in [1.82, 2.24) is 10.2 Å². The number of hydrogen-bond acceptors (Lipinski definition) is 4. The number of amides is 3. The Labute approximate surface area is 123 Å². The number of hydrogen-bond donors (Lipinski definition) is 1. The number of urea groups is 1. The van der Waals surface area contributed by atoms with Crippen LogP contribution in [0.5, 0.6) is 0 Å². The third-order valence-electron chi connectivity index (χ3n) is 3.36. The van der Waals surface area contributed by atoms with Crippen LogP contribution in [-0.2, 0) is 14.3 Å². The highest BCUT2D eigenvalue weighted by atomic mass is 16.5. The highest BCUT2D eigenvalue weighted by Gasteiger charge is 2.26. The van der Waals surface area contributed by atoms with Crippen LogP contribution in [0.4, 0.5) is 4.79 Å². The molecule has 1 aromatic carbocycles. The van der Waals surface area contributed by atoms with E-state index in [0.29, 0.717) is 13.1 Å². The zero-order valence-corrected chi connectivity index (χ0v) is 11.9. The normalized spacial score (nSPS) is 15.5. The minimum absolute atomic E-state index is 0.0175. The molecular formula is C15H18N2O4. The summed E-state index contributed by atoms with van der Waals surface area (Å²) in [6, 6.07) is 9.18. The number of rotatable bonds is 5. The first-order chi connectivity index (χ1) is 10.1. The molecule has 1 aliphatic rings. The molecule has 0 aromatic heterocycles. The van der Waals surface area contributed by atoms with Gasteiger partial charge in [0.15, 0.2) is 6.61 Å². The molecule has 0 spiro atoms. The fourth-order valence-electron chi connectivity index (χ4n) is 2.14. The maximum Gasteiger partial charge on any atom is 0.324 e. The van der Waals surface area contributed by atoms with E-state index in [4.69, 9.17) is 4.74 Å². The first-order valence-electron chi connectivity index (χ1n) is 6.86. The largest absolute Gasteiger partial charge is 0.456 e. The summed E-state index contributed by atoms with van der Waals surface area (Å²) >= 11 is 0. The van der Waals surface area contributed by atoms with Crippen molar-refractivity contribution in [1.29, 1.82) is 0 Å². The number of carbonyl (C=O) groups is 3. The molecule has 1 saturated heterocycles. The molecule has 3 amide bonds. The second kappa shape index (κ2) is 6.88. The second-order valence-electron chi connectivity index (χ2n) is 4.95. The van der Waals surface area contributed by atoms with Crippen LogP contribution in [0.15, 0.2) is 30.3 Å². The molecule has 2 rings (SSSR count). The van der Waals surface area contributed by atoms with E-state index < -0.39 is 24.5 Å². The summed E-state index contributed by atoms with van der Waals surface area (Å²) in [5, 5.41) is 2.52. The number of ether oxygens (including phenoxy) is 1. The number of nitrogens with one attached hydrogen (secondary N) is 1.